The third-order valence-electron chi connectivity index (χ3n) is 5.26. The normalized spacial score (nSPS) is 11.5. The highest BCUT2D eigenvalue weighted by Crippen LogP contribution is 2.38. The van der Waals surface area contributed by atoms with Gasteiger partial charge in [-0.2, -0.15) is 5.26 Å². The second kappa shape index (κ2) is 9.53. The van der Waals surface area contributed by atoms with E-state index in [4.69, 9.17) is 4.74 Å². The molecule has 174 valence electrons. The number of hydrogen-bond acceptors (Lipinski definition) is 6. The molecule has 0 aliphatic carbocycles. The van der Waals surface area contributed by atoms with Crippen molar-refractivity contribution in [2.24, 2.45) is 0 Å². The summed E-state index contributed by atoms with van der Waals surface area (Å²) in [6.45, 7) is 5.91. The van der Waals surface area contributed by atoms with E-state index in [9.17, 15) is 13.7 Å². The molecule has 0 saturated heterocycles. The summed E-state index contributed by atoms with van der Waals surface area (Å²) in [5.41, 5.74) is 3.46. The lowest BCUT2D eigenvalue weighted by molar-refractivity contribution is 0.442. The number of benzene rings is 2. The average molecular weight is 476 g/mol. The molecule has 2 aromatic carbocycles. The molecule has 0 saturated carbocycles. The van der Waals surface area contributed by atoms with E-state index in [1.54, 1.807) is 36.7 Å². The van der Waals surface area contributed by atoms with E-state index in [0.717, 1.165) is 22.2 Å². The molecule has 4 rings (SSSR count). The number of nitrogens with one attached hydrogen (secondary N) is 1. The lowest BCUT2D eigenvalue weighted by Gasteiger charge is -2.16. The van der Waals surface area contributed by atoms with Gasteiger partial charge in [-0.3, -0.25) is 4.72 Å². The van der Waals surface area contributed by atoms with Crippen LogP contribution in [0.4, 0.5) is 5.69 Å². The number of nitrogens with zero attached hydrogens (tertiary/aromatic N) is 4. The number of ether oxygens (including phenoxy) is 1. The Morgan fingerprint density at radius 1 is 1.12 bits per heavy atom. The van der Waals surface area contributed by atoms with Gasteiger partial charge in [0.2, 0.25) is 10.0 Å². The van der Waals surface area contributed by atoms with E-state index in [1.807, 2.05) is 45.0 Å². The smallest absolute Gasteiger partial charge is 0.321 e. The molecule has 0 fully saturated rings. The molecule has 4 aromatic rings. The number of hydrogen-bond donors (Lipinski definition) is 1. The Kier molecular flexibility index (Phi) is 6.52. The topological polar surface area (TPSA) is 110 Å². The summed E-state index contributed by atoms with van der Waals surface area (Å²) in [5, 5.41) is 10.8. The zero-order valence-electron chi connectivity index (χ0n) is 19.2. The van der Waals surface area contributed by atoms with Gasteiger partial charge >= 0.3 is 6.01 Å². The minimum atomic E-state index is -3.38. The molecule has 34 heavy (non-hydrogen) atoms. The second-order valence-electron chi connectivity index (χ2n) is 8.11. The molecule has 0 radical (unpaired) electrons. The van der Waals surface area contributed by atoms with Gasteiger partial charge in [0.25, 0.3) is 0 Å². The molecule has 0 aliphatic heterocycles. The molecule has 9 heteroatoms. The van der Waals surface area contributed by atoms with Gasteiger partial charge in [-0.1, -0.05) is 19.1 Å². The molecule has 0 atom stereocenters. The summed E-state index contributed by atoms with van der Waals surface area (Å²) in [5.74, 6) is 0.627. The number of sulfonamides is 1. The van der Waals surface area contributed by atoms with Crippen molar-refractivity contribution in [2.75, 3.05) is 10.5 Å². The predicted octanol–water partition coefficient (Wildman–Crippen LogP) is 5.49. The van der Waals surface area contributed by atoms with E-state index in [-0.39, 0.29) is 17.8 Å². The van der Waals surface area contributed by atoms with Gasteiger partial charge in [-0.25, -0.2) is 18.4 Å². The standard InChI is InChI=1S/C25H25N5O3S/c1-4-14-34(31,32)29-19-8-6-18(7-9-19)24-22(16-26)21-11-10-20(15-23(21)30(24)17(2)3)33-25-27-12-5-13-28-25/h5-13,15,17,29H,4,14H2,1-3H3. The van der Waals surface area contributed by atoms with Crippen LogP contribution in [0, 0.1) is 11.3 Å². The maximum atomic E-state index is 12.1. The first-order valence-corrected chi connectivity index (χ1v) is 12.6. The molecule has 1 N–H and O–H groups in total. The Labute approximate surface area is 198 Å². The van der Waals surface area contributed by atoms with Crippen LogP contribution in [0.1, 0.15) is 38.8 Å². The van der Waals surface area contributed by atoms with Crippen molar-refractivity contribution in [2.45, 2.75) is 33.2 Å². The first-order valence-electron chi connectivity index (χ1n) is 11.0. The number of nitriles is 1. The van der Waals surface area contributed by atoms with E-state index >= 15 is 0 Å². The van der Waals surface area contributed by atoms with Crippen LogP contribution in [-0.2, 0) is 10.0 Å². The van der Waals surface area contributed by atoms with Crippen molar-refractivity contribution in [3.8, 4) is 29.1 Å². The maximum Gasteiger partial charge on any atom is 0.321 e. The van der Waals surface area contributed by atoms with Crippen molar-refractivity contribution >= 4 is 26.6 Å². The van der Waals surface area contributed by atoms with E-state index in [0.29, 0.717) is 23.4 Å². The quantitative estimate of drug-likeness (QED) is 0.361. The van der Waals surface area contributed by atoms with E-state index in [2.05, 4.69) is 25.3 Å². The summed E-state index contributed by atoms with van der Waals surface area (Å²) < 4.78 is 34.7. The van der Waals surface area contributed by atoms with Gasteiger partial charge in [-0.15, -0.1) is 0 Å². The largest absolute Gasteiger partial charge is 0.424 e. The van der Waals surface area contributed by atoms with Crippen LogP contribution < -0.4 is 9.46 Å². The highest BCUT2D eigenvalue weighted by atomic mass is 32.2. The van der Waals surface area contributed by atoms with Gasteiger partial charge in [0, 0.05) is 35.6 Å². The molecule has 0 spiro atoms. The fourth-order valence-electron chi connectivity index (χ4n) is 3.93. The molecule has 2 aromatic heterocycles. The number of rotatable bonds is 8. The van der Waals surface area contributed by atoms with Gasteiger partial charge in [-0.05, 0) is 56.2 Å². The summed E-state index contributed by atoms with van der Waals surface area (Å²) in [4.78, 5) is 8.20. The minimum absolute atomic E-state index is 0.0468. The Morgan fingerprint density at radius 2 is 1.82 bits per heavy atom. The molecule has 0 unspecified atom stereocenters. The van der Waals surface area contributed by atoms with Crippen molar-refractivity contribution in [3.05, 3.63) is 66.5 Å². The lowest BCUT2D eigenvalue weighted by atomic mass is 10.1. The van der Waals surface area contributed by atoms with Gasteiger partial charge in [0.05, 0.1) is 22.5 Å². The Hall–Kier alpha value is -3.90. The molecular formula is C25H25N5O3S. The predicted molar refractivity (Wildman–Crippen MR) is 132 cm³/mol. The molecule has 0 bridgehead atoms. The number of aromatic nitrogens is 3. The van der Waals surface area contributed by atoms with Crippen LogP contribution in [0.15, 0.2) is 60.9 Å². The maximum absolute atomic E-state index is 12.1. The van der Waals surface area contributed by atoms with Gasteiger partial charge in [0.15, 0.2) is 0 Å². The molecule has 2 heterocycles. The monoisotopic (exact) mass is 475 g/mol. The molecule has 0 aliphatic rings. The SMILES string of the molecule is CCCS(=O)(=O)Nc1ccc(-c2c(C#N)c3ccc(Oc4ncccn4)cc3n2C(C)C)cc1. The summed E-state index contributed by atoms with van der Waals surface area (Å²) in [7, 11) is -3.38. The lowest BCUT2D eigenvalue weighted by Crippen LogP contribution is -2.15. The third kappa shape index (κ3) is 4.72. The molecule has 8 nitrogen and oxygen atoms in total. The summed E-state index contributed by atoms with van der Waals surface area (Å²) in [6, 6.07) is 17.0. The van der Waals surface area contributed by atoms with Crippen molar-refractivity contribution in [1.29, 1.82) is 5.26 Å². The third-order valence-corrected chi connectivity index (χ3v) is 6.75. The van der Waals surface area contributed by atoms with Crippen molar-refractivity contribution < 1.29 is 13.2 Å². The highest BCUT2D eigenvalue weighted by molar-refractivity contribution is 7.92. The minimum Gasteiger partial charge on any atom is -0.424 e. The Bertz CT molecular complexity index is 1450. The fraction of sp³-hybridized carbons (Fsp3) is 0.240. The van der Waals surface area contributed by atoms with Crippen LogP contribution in [0.3, 0.4) is 0 Å². The van der Waals surface area contributed by atoms with Crippen LogP contribution >= 0.6 is 0 Å². The zero-order chi connectivity index (χ0) is 24.3. The van der Waals surface area contributed by atoms with Crippen molar-refractivity contribution in [1.82, 2.24) is 14.5 Å². The summed E-state index contributed by atoms with van der Waals surface area (Å²) >= 11 is 0. The molecule has 0 amide bonds. The van der Waals surface area contributed by atoms with Crippen LogP contribution in [0.2, 0.25) is 0 Å². The highest BCUT2D eigenvalue weighted by Gasteiger charge is 2.21. The Balaban J connectivity index is 1.79. The van der Waals surface area contributed by atoms with Crippen LogP contribution in [-0.4, -0.2) is 28.7 Å². The second-order valence-corrected chi connectivity index (χ2v) is 9.95. The fourth-order valence-corrected chi connectivity index (χ4v) is 5.06. The van der Waals surface area contributed by atoms with Gasteiger partial charge in [0.1, 0.15) is 11.8 Å². The van der Waals surface area contributed by atoms with Gasteiger partial charge < -0.3 is 9.30 Å². The van der Waals surface area contributed by atoms with Crippen LogP contribution in [0.5, 0.6) is 11.8 Å². The van der Waals surface area contributed by atoms with E-state index < -0.39 is 10.0 Å². The average Bonchev–Trinajstić information content (AvgIpc) is 3.13. The first-order chi connectivity index (χ1) is 16.3. The zero-order valence-corrected chi connectivity index (χ0v) is 20.0. The number of anilines is 1. The summed E-state index contributed by atoms with van der Waals surface area (Å²) in [6.07, 6.45) is 3.75. The van der Waals surface area contributed by atoms with E-state index in [1.165, 1.54) is 0 Å². The Morgan fingerprint density at radius 3 is 2.44 bits per heavy atom. The first kappa shape index (κ1) is 23.3. The molecular weight excluding hydrogens is 450 g/mol. The van der Waals surface area contributed by atoms with Crippen LogP contribution in [0.25, 0.3) is 22.2 Å². The van der Waals surface area contributed by atoms with Crippen molar-refractivity contribution in [3.63, 3.8) is 0 Å². The number of fused-ring (bicyclic) bond motifs is 1.